The zero-order valence-electron chi connectivity index (χ0n) is 11.5. The lowest BCUT2D eigenvalue weighted by Crippen LogP contribution is -2.15. The number of hydrogen-bond acceptors (Lipinski definition) is 3. The summed E-state index contributed by atoms with van der Waals surface area (Å²) in [6, 6.07) is 10.9. The lowest BCUT2D eigenvalue weighted by atomic mass is 10.1. The van der Waals surface area contributed by atoms with E-state index in [1.165, 1.54) is 19.1 Å². The number of para-hydroxylation sites is 2. The van der Waals surface area contributed by atoms with Crippen LogP contribution in [0.1, 0.15) is 22.8 Å². The summed E-state index contributed by atoms with van der Waals surface area (Å²) in [6.45, 7) is 1.43. The second-order valence-corrected chi connectivity index (χ2v) is 4.73. The molecule has 0 unspecified atom stereocenters. The van der Waals surface area contributed by atoms with E-state index in [0.29, 0.717) is 16.9 Å². The smallest absolute Gasteiger partial charge is 0.258 e. The molecule has 0 saturated heterocycles. The molecular weight excluding hydrogens is 270 g/mol. The van der Waals surface area contributed by atoms with E-state index >= 15 is 0 Å². The average molecular weight is 285 g/mol. The number of rotatable bonds is 4. The van der Waals surface area contributed by atoms with Crippen molar-refractivity contribution in [2.75, 3.05) is 11.1 Å². The molecule has 2 rings (SSSR count). The maximum atomic E-state index is 14.0. The van der Waals surface area contributed by atoms with E-state index in [9.17, 15) is 14.0 Å². The van der Waals surface area contributed by atoms with Gasteiger partial charge in [0, 0.05) is 6.42 Å². The molecule has 4 nitrogen and oxygen atoms in total. The van der Waals surface area contributed by atoms with Gasteiger partial charge in [0.1, 0.15) is 11.6 Å². The molecule has 3 N–H and O–H groups in total. The lowest BCUT2D eigenvalue weighted by molar-refractivity contribution is -0.116. The molecule has 0 aliphatic heterocycles. The van der Waals surface area contributed by atoms with Gasteiger partial charge >= 0.3 is 0 Å². The molecule has 1 amide bonds. The number of ketones is 1. The van der Waals surface area contributed by atoms with Crippen LogP contribution < -0.4 is 11.1 Å². The monoisotopic (exact) mass is 285 g/mol. The van der Waals surface area contributed by atoms with Crippen LogP contribution in [0.5, 0.6) is 0 Å². The van der Waals surface area contributed by atoms with E-state index in [4.69, 9.17) is 5.73 Å². The minimum absolute atomic E-state index is 0.0661. The van der Waals surface area contributed by atoms with Crippen LogP contribution in [-0.4, -0.2) is 11.7 Å². The van der Waals surface area contributed by atoms with Crippen LogP contribution in [0.15, 0.2) is 42.5 Å². The number of amides is 1. The van der Waals surface area contributed by atoms with Crippen molar-refractivity contribution in [1.82, 2.24) is 0 Å². The van der Waals surface area contributed by atoms with Crippen molar-refractivity contribution in [3.63, 3.8) is 0 Å². The summed E-state index contributed by atoms with van der Waals surface area (Å²) < 4.78 is 14.0. The molecule has 2 aromatic rings. The number of hydrogen-bond donors (Lipinski definition) is 2. The molecule has 0 saturated carbocycles. The fourth-order valence-corrected chi connectivity index (χ4v) is 1.94. The summed E-state index contributed by atoms with van der Waals surface area (Å²) in [6.07, 6.45) is 0.143. The van der Waals surface area contributed by atoms with Gasteiger partial charge in [-0.15, -0.1) is 0 Å². The zero-order valence-corrected chi connectivity index (χ0v) is 11.5. The number of nitrogens with one attached hydrogen (secondary N) is 1. The number of halogens is 1. The van der Waals surface area contributed by atoms with Gasteiger partial charge in [-0.3, -0.25) is 9.59 Å². The van der Waals surface area contributed by atoms with Crippen LogP contribution in [0.2, 0.25) is 0 Å². The van der Waals surface area contributed by atoms with Crippen LogP contribution in [0.4, 0.5) is 15.8 Å². The first-order valence-electron chi connectivity index (χ1n) is 6.41. The fraction of sp³-hybridized carbons (Fsp3) is 0.125. The Morgan fingerprint density at radius 2 is 1.90 bits per heavy atom. The molecule has 21 heavy (non-hydrogen) atoms. The van der Waals surface area contributed by atoms with E-state index in [2.05, 4.69) is 5.32 Å². The number of nitrogen functional groups attached to an aromatic ring is 1. The molecular formula is C16H15FN2O2. The third-order valence-electron chi connectivity index (χ3n) is 2.94. The molecule has 0 radical (unpaired) electrons. The highest BCUT2D eigenvalue weighted by Crippen LogP contribution is 2.19. The number of anilines is 2. The van der Waals surface area contributed by atoms with Gasteiger partial charge in [0.05, 0.1) is 16.9 Å². The van der Waals surface area contributed by atoms with Gasteiger partial charge in [0.25, 0.3) is 5.91 Å². The van der Waals surface area contributed by atoms with Crippen LogP contribution in [0.3, 0.4) is 0 Å². The molecule has 0 heterocycles. The number of carbonyl (C=O) groups is 2. The van der Waals surface area contributed by atoms with Crippen molar-refractivity contribution < 1.29 is 14.0 Å². The molecule has 108 valence electrons. The molecule has 0 aromatic heterocycles. The van der Waals surface area contributed by atoms with E-state index < -0.39 is 11.7 Å². The third kappa shape index (κ3) is 3.66. The fourth-order valence-electron chi connectivity index (χ4n) is 1.94. The van der Waals surface area contributed by atoms with Crippen molar-refractivity contribution >= 4 is 23.1 Å². The molecule has 5 heteroatoms. The summed E-state index contributed by atoms with van der Waals surface area (Å²) in [4.78, 5) is 23.1. The third-order valence-corrected chi connectivity index (χ3v) is 2.94. The second kappa shape index (κ2) is 6.17. The summed E-state index contributed by atoms with van der Waals surface area (Å²) in [5.41, 5.74) is 6.99. The lowest BCUT2D eigenvalue weighted by Gasteiger charge is -2.09. The van der Waals surface area contributed by atoms with Crippen molar-refractivity contribution in [1.29, 1.82) is 0 Å². The quantitative estimate of drug-likeness (QED) is 0.848. The van der Waals surface area contributed by atoms with Gasteiger partial charge in [0.2, 0.25) is 0 Å². The minimum atomic E-state index is -0.666. The van der Waals surface area contributed by atoms with Gasteiger partial charge in [-0.2, -0.15) is 0 Å². The van der Waals surface area contributed by atoms with E-state index in [1.807, 2.05) is 0 Å². The van der Waals surface area contributed by atoms with Gasteiger partial charge in [-0.05, 0) is 36.8 Å². The summed E-state index contributed by atoms with van der Waals surface area (Å²) >= 11 is 0. The zero-order chi connectivity index (χ0) is 15.4. The molecule has 0 fully saturated rings. The molecule has 2 aromatic carbocycles. The number of Topliss-reactive ketones (excluding diaryl/α,β-unsaturated/α-hetero) is 1. The van der Waals surface area contributed by atoms with Gasteiger partial charge in [-0.25, -0.2) is 4.39 Å². The summed E-state index contributed by atoms with van der Waals surface area (Å²) in [5, 5.41) is 2.56. The van der Waals surface area contributed by atoms with Crippen molar-refractivity contribution in [3.8, 4) is 0 Å². The topological polar surface area (TPSA) is 72.2 Å². The van der Waals surface area contributed by atoms with Crippen molar-refractivity contribution in [3.05, 3.63) is 59.4 Å². The first-order chi connectivity index (χ1) is 9.97. The number of benzene rings is 2. The average Bonchev–Trinajstić information content (AvgIpc) is 2.40. The SMILES string of the molecule is CC(=O)Cc1ccc(C(=O)Nc2ccccc2N)c([18F])c1. The van der Waals surface area contributed by atoms with Gasteiger partial charge in [0.15, 0.2) is 0 Å². The number of nitrogens with two attached hydrogens (primary N) is 1. The standard InChI is InChI=1S/C16H15FN2O2/c1-10(20)8-11-6-7-12(13(17)9-11)16(21)19-15-5-3-2-4-14(15)18/h2-7,9H,8,18H2,1H3,(H,19,21)/i17-1. The minimum Gasteiger partial charge on any atom is -0.397 e. The molecule has 0 bridgehead atoms. The van der Waals surface area contributed by atoms with Gasteiger partial charge in [-0.1, -0.05) is 18.2 Å². The Kier molecular flexibility index (Phi) is 4.33. The van der Waals surface area contributed by atoms with Gasteiger partial charge < -0.3 is 11.1 Å². The van der Waals surface area contributed by atoms with E-state index in [1.54, 1.807) is 30.3 Å². The number of carbonyl (C=O) groups excluding carboxylic acids is 2. The molecule has 0 atom stereocenters. The highest BCUT2D eigenvalue weighted by atomic mass is 18.2. The first kappa shape index (κ1) is 14.7. The first-order valence-corrected chi connectivity index (χ1v) is 6.41. The Morgan fingerprint density at radius 1 is 1.19 bits per heavy atom. The highest BCUT2D eigenvalue weighted by molar-refractivity contribution is 6.05. The van der Waals surface area contributed by atoms with E-state index in [-0.39, 0.29) is 17.8 Å². The maximum absolute atomic E-state index is 14.0. The van der Waals surface area contributed by atoms with Crippen LogP contribution >= 0.6 is 0 Å². The predicted molar refractivity (Wildman–Crippen MR) is 79.6 cm³/mol. The summed E-state index contributed by atoms with van der Waals surface area (Å²) in [5.74, 6) is -1.32. The predicted octanol–water partition coefficient (Wildman–Crippen LogP) is 2.79. The van der Waals surface area contributed by atoms with Crippen molar-refractivity contribution in [2.24, 2.45) is 0 Å². The Bertz CT molecular complexity index is 698. The Hall–Kier alpha value is -2.69. The van der Waals surface area contributed by atoms with Crippen LogP contribution in [0.25, 0.3) is 0 Å². The van der Waals surface area contributed by atoms with Crippen LogP contribution in [-0.2, 0) is 11.2 Å². The molecule has 0 aliphatic carbocycles. The van der Waals surface area contributed by atoms with Crippen LogP contribution in [0, 0.1) is 5.82 Å². The molecule has 0 spiro atoms. The Morgan fingerprint density at radius 3 is 2.52 bits per heavy atom. The highest BCUT2D eigenvalue weighted by Gasteiger charge is 2.13. The maximum Gasteiger partial charge on any atom is 0.258 e. The molecule has 0 aliphatic rings. The van der Waals surface area contributed by atoms with E-state index in [0.717, 1.165) is 0 Å². The Labute approximate surface area is 121 Å². The normalized spacial score (nSPS) is 10.2. The second-order valence-electron chi connectivity index (χ2n) is 4.73. The largest absolute Gasteiger partial charge is 0.397 e. The van der Waals surface area contributed by atoms with Crippen molar-refractivity contribution in [2.45, 2.75) is 13.3 Å². The summed E-state index contributed by atoms with van der Waals surface area (Å²) in [7, 11) is 0. The Balaban J connectivity index is 2.20.